The molecule has 2 atom stereocenters. The van der Waals surface area contributed by atoms with Crippen LogP contribution in [0.4, 0.5) is 5.69 Å². The maximum absolute atomic E-state index is 4.47. The lowest BCUT2D eigenvalue weighted by Gasteiger charge is -2.33. The van der Waals surface area contributed by atoms with Gasteiger partial charge in [-0.1, -0.05) is 13.0 Å². The first-order valence-corrected chi connectivity index (χ1v) is 7.56. The van der Waals surface area contributed by atoms with E-state index in [1.165, 1.54) is 17.5 Å². The van der Waals surface area contributed by atoms with E-state index in [1.807, 2.05) is 12.3 Å². The van der Waals surface area contributed by atoms with Crippen LogP contribution in [0.25, 0.3) is 10.9 Å². The van der Waals surface area contributed by atoms with E-state index in [2.05, 4.69) is 53.3 Å². The number of hydrogen-bond acceptors (Lipinski definition) is 3. The average Bonchev–Trinajstić information content (AvgIpc) is 2.47. The van der Waals surface area contributed by atoms with Gasteiger partial charge in [-0.15, -0.1) is 0 Å². The molecule has 1 N–H and O–H groups in total. The molecule has 20 heavy (non-hydrogen) atoms. The molecule has 3 heteroatoms. The molecule has 106 valence electrons. The van der Waals surface area contributed by atoms with E-state index >= 15 is 0 Å². The minimum Gasteiger partial charge on any atom is -0.371 e. The Morgan fingerprint density at radius 3 is 3.00 bits per heavy atom. The van der Waals surface area contributed by atoms with Crippen molar-refractivity contribution in [3.05, 3.63) is 36.5 Å². The summed E-state index contributed by atoms with van der Waals surface area (Å²) in [7, 11) is 0. The maximum atomic E-state index is 4.47. The molecule has 0 radical (unpaired) electrons. The predicted octanol–water partition coefficient (Wildman–Crippen LogP) is 3.06. The smallest absolute Gasteiger partial charge is 0.0722 e. The van der Waals surface area contributed by atoms with Gasteiger partial charge in [-0.2, -0.15) is 0 Å². The van der Waals surface area contributed by atoms with Gasteiger partial charge in [-0.3, -0.25) is 4.98 Å². The Hall–Kier alpha value is -1.61. The van der Waals surface area contributed by atoms with Crippen molar-refractivity contribution in [3.8, 4) is 0 Å². The third-order valence-electron chi connectivity index (χ3n) is 4.14. The van der Waals surface area contributed by atoms with Gasteiger partial charge in [0.05, 0.1) is 5.52 Å². The van der Waals surface area contributed by atoms with Gasteiger partial charge in [0.15, 0.2) is 0 Å². The highest BCUT2D eigenvalue weighted by molar-refractivity contribution is 5.91. The van der Waals surface area contributed by atoms with Crippen molar-refractivity contribution >= 4 is 16.6 Å². The van der Waals surface area contributed by atoms with Gasteiger partial charge in [0.2, 0.25) is 0 Å². The van der Waals surface area contributed by atoms with E-state index in [9.17, 15) is 0 Å². The largest absolute Gasteiger partial charge is 0.371 e. The number of anilines is 1. The van der Waals surface area contributed by atoms with Gasteiger partial charge in [0, 0.05) is 36.4 Å². The molecule has 1 fully saturated rings. The van der Waals surface area contributed by atoms with Crippen LogP contribution in [0, 0.1) is 5.92 Å². The summed E-state index contributed by atoms with van der Waals surface area (Å²) in [4.78, 5) is 7.01. The number of fused-ring (bicyclic) bond motifs is 1. The number of pyridine rings is 1. The van der Waals surface area contributed by atoms with Gasteiger partial charge in [-0.25, -0.2) is 0 Å². The summed E-state index contributed by atoms with van der Waals surface area (Å²) in [5, 5.41) is 4.87. The average molecular weight is 269 g/mol. The molecular weight excluding hydrogens is 246 g/mol. The van der Waals surface area contributed by atoms with Crippen molar-refractivity contribution in [2.75, 3.05) is 24.5 Å². The lowest BCUT2D eigenvalue weighted by Crippen LogP contribution is -2.42. The molecule has 2 aromatic rings. The van der Waals surface area contributed by atoms with Crippen LogP contribution in [0.3, 0.4) is 0 Å². The number of nitrogens with zero attached hydrogens (tertiary/aromatic N) is 2. The second kappa shape index (κ2) is 5.80. The molecule has 3 rings (SSSR count). The summed E-state index contributed by atoms with van der Waals surface area (Å²) in [6.45, 7) is 7.91. The van der Waals surface area contributed by atoms with Crippen LogP contribution in [0.1, 0.15) is 20.3 Å². The lowest BCUT2D eigenvalue weighted by atomic mass is 10.0. The van der Waals surface area contributed by atoms with E-state index in [0.717, 1.165) is 25.2 Å². The van der Waals surface area contributed by atoms with E-state index in [0.29, 0.717) is 12.0 Å². The molecule has 0 aliphatic carbocycles. The summed E-state index contributed by atoms with van der Waals surface area (Å²) in [5.41, 5.74) is 2.42. The van der Waals surface area contributed by atoms with Crippen LogP contribution in [0.5, 0.6) is 0 Å². The molecule has 1 aromatic carbocycles. The Morgan fingerprint density at radius 1 is 1.20 bits per heavy atom. The zero-order chi connectivity index (χ0) is 13.9. The topological polar surface area (TPSA) is 28.2 Å². The third kappa shape index (κ3) is 2.78. The first kappa shape index (κ1) is 13.4. The van der Waals surface area contributed by atoms with Gasteiger partial charge in [-0.05, 0) is 50.1 Å². The second-order valence-electron chi connectivity index (χ2n) is 6.00. The Morgan fingerprint density at radius 2 is 2.10 bits per heavy atom. The summed E-state index contributed by atoms with van der Waals surface area (Å²) >= 11 is 0. The van der Waals surface area contributed by atoms with Crippen molar-refractivity contribution < 1.29 is 0 Å². The van der Waals surface area contributed by atoms with Crippen LogP contribution in [-0.4, -0.2) is 30.7 Å². The first-order valence-electron chi connectivity index (χ1n) is 7.56. The van der Waals surface area contributed by atoms with Gasteiger partial charge in [0.1, 0.15) is 0 Å². The Balaban J connectivity index is 1.95. The molecule has 1 aliphatic heterocycles. The Bertz CT molecular complexity index is 576. The van der Waals surface area contributed by atoms with Crippen LogP contribution in [0.2, 0.25) is 0 Å². The van der Waals surface area contributed by atoms with Crippen LogP contribution in [0.15, 0.2) is 36.5 Å². The summed E-state index contributed by atoms with van der Waals surface area (Å²) < 4.78 is 0. The molecule has 3 nitrogen and oxygen atoms in total. The van der Waals surface area contributed by atoms with Gasteiger partial charge in [0.25, 0.3) is 0 Å². The molecule has 1 aromatic heterocycles. The maximum Gasteiger partial charge on any atom is 0.0722 e. The number of rotatable bonds is 1. The second-order valence-corrected chi connectivity index (χ2v) is 6.00. The van der Waals surface area contributed by atoms with Crippen molar-refractivity contribution in [1.82, 2.24) is 10.3 Å². The normalized spacial score (nSPS) is 24.4. The number of hydrogen-bond donors (Lipinski definition) is 1. The summed E-state index contributed by atoms with van der Waals surface area (Å²) in [5.74, 6) is 0.657. The fourth-order valence-corrected chi connectivity index (χ4v) is 2.97. The molecule has 0 bridgehead atoms. The van der Waals surface area contributed by atoms with E-state index in [4.69, 9.17) is 0 Å². The lowest BCUT2D eigenvalue weighted by molar-refractivity contribution is 0.411. The molecule has 0 saturated carbocycles. The van der Waals surface area contributed by atoms with Gasteiger partial charge < -0.3 is 10.2 Å². The SMILES string of the molecule is CC1CNC(C)CCN(c2cccc3ncccc23)C1. The van der Waals surface area contributed by atoms with Crippen LogP contribution < -0.4 is 10.2 Å². The molecule has 1 aliphatic rings. The van der Waals surface area contributed by atoms with Gasteiger partial charge >= 0.3 is 0 Å². The highest BCUT2D eigenvalue weighted by Gasteiger charge is 2.18. The third-order valence-corrected chi connectivity index (χ3v) is 4.14. The molecule has 1 saturated heterocycles. The molecule has 2 heterocycles. The quantitative estimate of drug-likeness (QED) is 0.862. The van der Waals surface area contributed by atoms with E-state index < -0.39 is 0 Å². The summed E-state index contributed by atoms with van der Waals surface area (Å²) in [6, 6.07) is 11.3. The predicted molar refractivity (Wildman–Crippen MR) is 85.2 cm³/mol. The highest BCUT2D eigenvalue weighted by Crippen LogP contribution is 2.27. The van der Waals surface area contributed by atoms with E-state index in [1.54, 1.807) is 0 Å². The zero-order valence-electron chi connectivity index (χ0n) is 12.3. The molecule has 0 spiro atoms. The monoisotopic (exact) mass is 269 g/mol. The standard InChI is InChI=1S/C17H23N3/c1-13-11-19-14(2)8-10-20(12-13)17-7-3-6-16-15(17)5-4-9-18-16/h3-7,9,13-14,19H,8,10-12H2,1-2H3. The minimum absolute atomic E-state index is 0.591. The number of nitrogens with one attached hydrogen (secondary N) is 1. The van der Waals surface area contributed by atoms with Crippen molar-refractivity contribution in [2.24, 2.45) is 5.92 Å². The molecule has 2 unspecified atom stereocenters. The van der Waals surface area contributed by atoms with Crippen molar-refractivity contribution in [3.63, 3.8) is 0 Å². The fourth-order valence-electron chi connectivity index (χ4n) is 2.97. The van der Waals surface area contributed by atoms with Crippen molar-refractivity contribution in [1.29, 1.82) is 0 Å². The van der Waals surface area contributed by atoms with Crippen LogP contribution >= 0.6 is 0 Å². The van der Waals surface area contributed by atoms with Crippen LogP contribution in [-0.2, 0) is 0 Å². The first-order chi connectivity index (χ1) is 9.74. The molecular formula is C17H23N3. The zero-order valence-corrected chi connectivity index (χ0v) is 12.3. The summed E-state index contributed by atoms with van der Waals surface area (Å²) in [6.07, 6.45) is 3.05. The van der Waals surface area contributed by atoms with Crippen molar-refractivity contribution in [2.45, 2.75) is 26.3 Å². The van der Waals surface area contributed by atoms with E-state index in [-0.39, 0.29) is 0 Å². The fraction of sp³-hybridized carbons (Fsp3) is 0.471. The molecule has 0 amide bonds. The Labute approximate surface area is 121 Å². The minimum atomic E-state index is 0.591. The number of aromatic nitrogens is 1. The number of benzene rings is 1. The highest BCUT2D eigenvalue weighted by atomic mass is 15.1. The Kier molecular flexibility index (Phi) is 3.88.